The maximum Gasteiger partial charge on any atom is 0.265 e. The second-order valence-corrected chi connectivity index (χ2v) is 7.88. The highest BCUT2D eigenvalue weighted by molar-refractivity contribution is 7.12. The highest BCUT2D eigenvalue weighted by atomic mass is 32.1. The zero-order valence-corrected chi connectivity index (χ0v) is 17.7. The second-order valence-electron chi connectivity index (χ2n) is 6.93. The van der Waals surface area contributed by atoms with E-state index in [1.807, 2.05) is 11.4 Å². The Balaban J connectivity index is 1.83. The minimum atomic E-state index is -0.263. The van der Waals surface area contributed by atoms with Crippen LogP contribution in [0, 0.1) is 5.92 Å². The lowest BCUT2D eigenvalue weighted by atomic mass is 9.99. The van der Waals surface area contributed by atoms with E-state index < -0.39 is 0 Å². The van der Waals surface area contributed by atoms with Gasteiger partial charge in [-0.3, -0.25) is 9.59 Å². The van der Waals surface area contributed by atoms with Gasteiger partial charge in [-0.1, -0.05) is 6.07 Å². The number of carbonyl (C=O) groups is 2. The SMILES string of the molecule is COc1cc(C(=O)N(C)CC2CCOCC2)cc(NC(=O)c2cccs2)c1OC. The minimum absolute atomic E-state index is 0.135. The lowest BCUT2D eigenvalue weighted by molar-refractivity contribution is 0.0497. The number of anilines is 1. The number of hydrogen-bond donors (Lipinski definition) is 1. The third-order valence-electron chi connectivity index (χ3n) is 4.94. The highest BCUT2D eigenvalue weighted by Gasteiger charge is 2.23. The van der Waals surface area contributed by atoms with Crippen LogP contribution in [0.2, 0.25) is 0 Å². The van der Waals surface area contributed by atoms with E-state index >= 15 is 0 Å². The van der Waals surface area contributed by atoms with Crippen molar-refractivity contribution in [2.24, 2.45) is 5.92 Å². The Morgan fingerprint density at radius 3 is 2.62 bits per heavy atom. The molecule has 0 spiro atoms. The topological polar surface area (TPSA) is 77.1 Å². The van der Waals surface area contributed by atoms with Gasteiger partial charge in [0.15, 0.2) is 11.5 Å². The molecule has 156 valence electrons. The number of rotatable bonds is 7. The number of carbonyl (C=O) groups excluding carboxylic acids is 2. The molecule has 2 aromatic rings. The first-order valence-electron chi connectivity index (χ1n) is 9.47. The molecule has 1 aliphatic heterocycles. The summed E-state index contributed by atoms with van der Waals surface area (Å²) in [5.41, 5.74) is 0.826. The number of nitrogens with one attached hydrogen (secondary N) is 1. The number of ether oxygens (including phenoxy) is 3. The summed E-state index contributed by atoms with van der Waals surface area (Å²) >= 11 is 1.34. The van der Waals surface area contributed by atoms with Gasteiger partial charge in [0.2, 0.25) is 0 Å². The molecule has 1 fully saturated rings. The van der Waals surface area contributed by atoms with Crippen molar-refractivity contribution in [3.05, 3.63) is 40.1 Å². The van der Waals surface area contributed by atoms with Crippen LogP contribution in [0.1, 0.15) is 32.9 Å². The fourth-order valence-corrected chi connectivity index (χ4v) is 4.01. The van der Waals surface area contributed by atoms with E-state index in [1.54, 1.807) is 30.1 Å². The average Bonchev–Trinajstić information content (AvgIpc) is 3.28. The zero-order valence-electron chi connectivity index (χ0n) is 16.9. The minimum Gasteiger partial charge on any atom is -0.493 e. The number of methoxy groups -OCH3 is 2. The monoisotopic (exact) mass is 418 g/mol. The van der Waals surface area contributed by atoms with Crippen LogP contribution in [-0.4, -0.2) is 57.7 Å². The molecule has 1 N–H and O–H groups in total. The van der Waals surface area contributed by atoms with Crippen LogP contribution in [-0.2, 0) is 4.74 Å². The first-order chi connectivity index (χ1) is 14.0. The summed E-state index contributed by atoms with van der Waals surface area (Å²) in [5.74, 6) is 0.792. The summed E-state index contributed by atoms with van der Waals surface area (Å²) in [6.07, 6.45) is 1.90. The third-order valence-corrected chi connectivity index (χ3v) is 5.81. The number of benzene rings is 1. The van der Waals surface area contributed by atoms with Crippen LogP contribution in [0.25, 0.3) is 0 Å². The molecule has 2 amide bonds. The van der Waals surface area contributed by atoms with Gasteiger partial charge in [0.1, 0.15) is 0 Å². The summed E-state index contributed by atoms with van der Waals surface area (Å²) in [5, 5.41) is 4.66. The number of thiophene rings is 1. The summed E-state index contributed by atoms with van der Waals surface area (Å²) < 4.78 is 16.2. The molecule has 1 aromatic heterocycles. The number of nitrogens with zero attached hydrogens (tertiary/aromatic N) is 1. The molecule has 0 bridgehead atoms. The van der Waals surface area contributed by atoms with Crippen molar-refractivity contribution < 1.29 is 23.8 Å². The van der Waals surface area contributed by atoms with Gasteiger partial charge >= 0.3 is 0 Å². The zero-order chi connectivity index (χ0) is 20.8. The molecule has 29 heavy (non-hydrogen) atoms. The maximum absolute atomic E-state index is 13.0. The predicted octanol–water partition coefficient (Wildman–Crippen LogP) is 3.52. The second kappa shape index (κ2) is 9.76. The van der Waals surface area contributed by atoms with Crippen molar-refractivity contribution in [1.29, 1.82) is 0 Å². The van der Waals surface area contributed by atoms with Crippen LogP contribution in [0.15, 0.2) is 29.6 Å². The third kappa shape index (κ3) is 5.07. The standard InChI is InChI=1S/C21H26N2O5S/c1-23(13-14-6-8-28-9-7-14)21(25)15-11-16(19(27-3)17(12-15)26-2)22-20(24)18-5-4-10-29-18/h4-5,10-12,14H,6-9,13H2,1-3H3,(H,22,24). The molecular weight excluding hydrogens is 392 g/mol. The van der Waals surface area contributed by atoms with Gasteiger partial charge in [0.05, 0.1) is 24.8 Å². The van der Waals surface area contributed by atoms with Crippen molar-refractivity contribution in [3.8, 4) is 11.5 Å². The van der Waals surface area contributed by atoms with Crippen molar-refractivity contribution >= 4 is 28.8 Å². The van der Waals surface area contributed by atoms with Crippen LogP contribution in [0.5, 0.6) is 11.5 Å². The Morgan fingerprint density at radius 2 is 2.00 bits per heavy atom. The van der Waals surface area contributed by atoms with Gasteiger partial charge in [0.25, 0.3) is 11.8 Å². The quantitative estimate of drug-likeness (QED) is 0.745. The van der Waals surface area contributed by atoms with Crippen LogP contribution < -0.4 is 14.8 Å². The normalized spacial score (nSPS) is 14.3. The molecule has 1 saturated heterocycles. The van der Waals surface area contributed by atoms with Crippen LogP contribution >= 0.6 is 11.3 Å². The molecule has 0 radical (unpaired) electrons. The van der Waals surface area contributed by atoms with E-state index in [1.165, 1.54) is 25.6 Å². The van der Waals surface area contributed by atoms with E-state index in [0.717, 1.165) is 26.1 Å². The molecule has 1 aliphatic rings. The molecule has 1 aromatic carbocycles. The maximum atomic E-state index is 13.0. The van der Waals surface area contributed by atoms with Gasteiger partial charge in [0, 0.05) is 32.4 Å². The predicted molar refractivity (Wildman–Crippen MR) is 112 cm³/mol. The molecule has 2 heterocycles. The van der Waals surface area contributed by atoms with Gasteiger partial charge < -0.3 is 24.4 Å². The number of hydrogen-bond acceptors (Lipinski definition) is 6. The van der Waals surface area contributed by atoms with Gasteiger partial charge in [-0.2, -0.15) is 0 Å². The summed E-state index contributed by atoms with van der Waals surface area (Å²) in [6.45, 7) is 2.14. The molecule has 7 nitrogen and oxygen atoms in total. The molecular formula is C21H26N2O5S. The Kier molecular flexibility index (Phi) is 7.11. The van der Waals surface area contributed by atoms with Gasteiger partial charge in [-0.25, -0.2) is 0 Å². The van der Waals surface area contributed by atoms with Gasteiger partial charge in [-0.05, 0) is 42.3 Å². The Hall–Kier alpha value is -2.58. The van der Waals surface area contributed by atoms with Crippen molar-refractivity contribution in [2.45, 2.75) is 12.8 Å². The van der Waals surface area contributed by atoms with Crippen molar-refractivity contribution in [2.75, 3.05) is 46.3 Å². The molecule has 0 atom stereocenters. The van der Waals surface area contributed by atoms with Crippen molar-refractivity contribution in [1.82, 2.24) is 4.90 Å². The molecule has 3 rings (SSSR count). The highest BCUT2D eigenvalue weighted by Crippen LogP contribution is 2.37. The smallest absolute Gasteiger partial charge is 0.265 e. The van der Waals surface area contributed by atoms with Crippen molar-refractivity contribution in [3.63, 3.8) is 0 Å². The van der Waals surface area contributed by atoms with Crippen LogP contribution in [0.3, 0.4) is 0 Å². The fraction of sp³-hybridized carbons (Fsp3) is 0.429. The molecule has 0 saturated carbocycles. The van der Waals surface area contributed by atoms with E-state index in [4.69, 9.17) is 14.2 Å². The molecule has 8 heteroatoms. The summed E-state index contributed by atoms with van der Waals surface area (Å²) in [6, 6.07) is 6.82. The Bertz CT molecular complexity index is 847. The van der Waals surface area contributed by atoms with E-state index in [0.29, 0.717) is 40.1 Å². The van der Waals surface area contributed by atoms with E-state index in [9.17, 15) is 9.59 Å². The lowest BCUT2D eigenvalue weighted by Crippen LogP contribution is -2.34. The average molecular weight is 419 g/mol. The van der Waals surface area contributed by atoms with Gasteiger partial charge in [-0.15, -0.1) is 11.3 Å². The first-order valence-corrected chi connectivity index (χ1v) is 10.4. The first kappa shape index (κ1) is 21.1. The summed E-state index contributed by atoms with van der Waals surface area (Å²) in [7, 11) is 4.79. The fourth-order valence-electron chi connectivity index (χ4n) is 3.39. The van der Waals surface area contributed by atoms with Crippen LogP contribution in [0.4, 0.5) is 5.69 Å². The summed E-state index contributed by atoms with van der Waals surface area (Å²) in [4.78, 5) is 27.8. The number of amides is 2. The Labute approximate surface area is 174 Å². The van der Waals surface area contributed by atoms with E-state index in [2.05, 4.69) is 5.32 Å². The van der Waals surface area contributed by atoms with E-state index in [-0.39, 0.29) is 11.8 Å². The lowest BCUT2D eigenvalue weighted by Gasteiger charge is -2.27. The largest absolute Gasteiger partial charge is 0.493 e. The Morgan fingerprint density at radius 1 is 1.24 bits per heavy atom. The molecule has 0 aliphatic carbocycles. The molecule has 0 unspecified atom stereocenters.